The van der Waals surface area contributed by atoms with Gasteiger partial charge in [0.1, 0.15) is 0 Å². The quantitative estimate of drug-likeness (QED) is 0.719. The van der Waals surface area contributed by atoms with Gasteiger partial charge in [0.2, 0.25) is 0 Å². The van der Waals surface area contributed by atoms with Crippen LogP contribution in [0.1, 0.15) is 39.0 Å². The number of nitrogens with one attached hydrogen (secondary N) is 1. The minimum atomic E-state index is 0.271. The van der Waals surface area contributed by atoms with E-state index in [1.54, 1.807) is 0 Å². The van der Waals surface area contributed by atoms with Gasteiger partial charge in [-0.15, -0.1) is 0 Å². The molecule has 1 saturated heterocycles. The fraction of sp³-hybridized carbons (Fsp3) is 1.00. The maximum absolute atomic E-state index is 5.50. The van der Waals surface area contributed by atoms with Crippen LogP contribution in [0.4, 0.5) is 0 Å². The Morgan fingerprint density at radius 2 is 2.31 bits per heavy atom. The first-order valence-corrected chi connectivity index (χ1v) is 5.61. The zero-order chi connectivity index (χ0) is 9.15. The Morgan fingerprint density at radius 3 is 2.92 bits per heavy atom. The Kier molecular flexibility index (Phi) is 2.89. The van der Waals surface area contributed by atoms with Crippen molar-refractivity contribution in [3.8, 4) is 0 Å². The predicted molar refractivity (Wildman–Crippen MR) is 53.8 cm³/mol. The lowest BCUT2D eigenvalue weighted by atomic mass is 9.95. The molecule has 1 atom stereocenters. The first kappa shape index (κ1) is 9.47. The molecule has 1 unspecified atom stereocenters. The summed E-state index contributed by atoms with van der Waals surface area (Å²) in [5, 5.41) is 3.64. The van der Waals surface area contributed by atoms with E-state index in [2.05, 4.69) is 12.2 Å². The molecule has 0 aromatic carbocycles. The molecule has 1 heterocycles. The van der Waals surface area contributed by atoms with Crippen LogP contribution in [0.5, 0.6) is 0 Å². The third-order valence-electron chi connectivity index (χ3n) is 3.24. The van der Waals surface area contributed by atoms with E-state index in [4.69, 9.17) is 4.74 Å². The van der Waals surface area contributed by atoms with Gasteiger partial charge in [-0.1, -0.05) is 12.8 Å². The monoisotopic (exact) mass is 183 g/mol. The molecule has 2 heteroatoms. The topological polar surface area (TPSA) is 21.3 Å². The summed E-state index contributed by atoms with van der Waals surface area (Å²) in [5.74, 6) is 1.04. The van der Waals surface area contributed by atoms with E-state index in [1.807, 2.05) is 0 Å². The standard InChI is InChI=1S/C11H21NO/c1-11(6-2-8-13-9-11)12-7-5-10-3-4-10/h10,12H,2-9H2,1H3. The molecule has 2 aliphatic rings. The molecule has 1 N–H and O–H groups in total. The number of hydrogen-bond acceptors (Lipinski definition) is 2. The smallest absolute Gasteiger partial charge is 0.0645 e. The Labute approximate surface area is 81.0 Å². The maximum Gasteiger partial charge on any atom is 0.0645 e. The Bertz CT molecular complexity index is 159. The molecule has 1 aliphatic carbocycles. The lowest BCUT2D eigenvalue weighted by Gasteiger charge is -2.34. The molecule has 0 spiro atoms. The summed E-state index contributed by atoms with van der Waals surface area (Å²) < 4.78 is 5.50. The average Bonchev–Trinajstić information content (AvgIpc) is 2.89. The number of ether oxygens (including phenoxy) is 1. The van der Waals surface area contributed by atoms with Gasteiger partial charge in [-0.05, 0) is 38.6 Å². The normalized spacial score (nSPS) is 34.8. The van der Waals surface area contributed by atoms with Crippen LogP contribution in [0.15, 0.2) is 0 Å². The van der Waals surface area contributed by atoms with Crippen LogP contribution in [-0.2, 0) is 4.74 Å². The van der Waals surface area contributed by atoms with E-state index >= 15 is 0 Å². The van der Waals surface area contributed by atoms with E-state index in [-0.39, 0.29) is 5.54 Å². The van der Waals surface area contributed by atoms with Gasteiger partial charge in [0, 0.05) is 12.1 Å². The Balaban J connectivity index is 1.64. The SMILES string of the molecule is CC1(NCCC2CC2)CCCOC1. The summed E-state index contributed by atoms with van der Waals surface area (Å²) in [5.41, 5.74) is 0.271. The van der Waals surface area contributed by atoms with Gasteiger partial charge in [0.05, 0.1) is 6.61 Å². The van der Waals surface area contributed by atoms with Crippen molar-refractivity contribution in [1.29, 1.82) is 0 Å². The van der Waals surface area contributed by atoms with Gasteiger partial charge in [-0.3, -0.25) is 0 Å². The van der Waals surface area contributed by atoms with Gasteiger partial charge in [-0.25, -0.2) is 0 Å². The van der Waals surface area contributed by atoms with Crippen LogP contribution in [0.25, 0.3) is 0 Å². The van der Waals surface area contributed by atoms with Gasteiger partial charge in [0.15, 0.2) is 0 Å². The molecule has 0 aromatic rings. The molecule has 0 radical (unpaired) electrons. The first-order chi connectivity index (χ1) is 6.29. The molecule has 1 aliphatic heterocycles. The second-order valence-corrected chi connectivity index (χ2v) is 4.88. The first-order valence-electron chi connectivity index (χ1n) is 5.61. The van der Waals surface area contributed by atoms with Crippen molar-refractivity contribution in [2.24, 2.45) is 5.92 Å². The highest BCUT2D eigenvalue weighted by molar-refractivity contribution is 4.86. The third-order valence-corrected chi connectivity index (χ3v) is 3.24. The molecule has 2 fully saturated rings. The molecule has 76 valence electrons. The van der Waals surface area contributed by atoms with E-state index in [1.165, 1.54) is 38.6 Å². The van der Waals surface area contributed by atoms with Crippen LogP contribution < -0.4 is 5.32 Å². The number of hydrogen-bond donors (Lipinski definition) is 1. The summed E-state index contributed by atoms with van der Waals surface area (Å²) >= 11 is 0. The molecule has 0 amide bonds. The van der Waals surface area contributed by atoms with Crippen molar-refractivity contribution in [2.75, 3.05) is 19.8 Å². The van der Waals surface area contributed by atoms with Crippen LogP contribution in [0.2, 0.25) is 0 Å². The second kappa shape index (κ2) is 3.97. The minimum absolute atomic E-state index is 0.271. The molecular weight excluding hydrogens is 162 g/mol. The summed E-state index contributed by atoms with van der Waals surface area (Å²) in [6.07, 6.45) is 6.80. The molecule has 2 rings (SSSR count). The van der Waals surface area contributed by atoms with Crippen molar-refractivity contribution >= 4 is 0 Å². The van der Waals surface area contributed by atoms with Gasteiger partial charge in [-0.2, -0.15) is 0 Å². The van der Waals surface area contributed by atoms with Crippen molar-refractivity contribution in [2.45, 2.75) is 44.6 Å². The van der Waals surface area contributed by atoms with Crippen LogP contribution in [-0.4, -0.2) is 25.3 Å². The molecule has 13 heavy (non-hydrogen) atoms. The molecule has 0 aromatic heterocycles. The van der Waals surface area contributed by atoms with Crippen molar-refractivity contribution in [1.82, 2.24) is 5.32 Å². The highest BCUT2D eigenvalue weighted by Crippen LogP contribution is 2.32. The summed E-state index contributed by atoms with van der Waals surface area (Å²) in [6, 6.07) is 0. The van der Waals surface area contributed by atoms with Gasteiger partial charge < -0.3 is 10.1 Å². The summed E-state index contributed by atoms with van der Waals surface area (Å²) in [7, 11) is 0. The van der Waals surface area contributed by atoms with E-state index < -0.39 is 0 Å². The maximum atomic E-state index is 5.50. The summed E-state index contributed by atoms with van der Waals surface area (Å²) in [4.78, 5) is 0. The molecule has 2 nitrogen and oxygen atoms in total. The molecule has 1 saturated carbocycles. The second-order valence-electron chi connectivity index (χ2n) is 4.88. The Hall–Kier alpha value is -0.0800. The third kappa shape index (κ3) is 2.96. The van der Waals surface area contributed by atoms with Crippen molar-refractivity contribution in [3.63, 3.8) is 0 Å². The molecular formula is C11H21NO. The van der Waals surface area contributed by atoms with Gasteiger partial charge >= 0.3 is 0 Å². The van der Waals surface area contributed by atoms with Crippen molar-refractivity contribution < 1.29 is 4.74 Å². The van der Waals surface area contributed by atoms with E-state index in [0.29, 0.717) is 0 Å². The van der Waals surface area contributed by atoms with E-state index in [9.17, 15) is 0 Å². The van der Waals surface area contributed by atoms with Gasteiger partial charge in [0.25, 0.3) is 0 Å². The number of rotatable bonds is 4. The van der Waals surface area contributed by atoms with Crippen LogP contribution >= 0.6 is 0 Å². The highest BCUT2D eigenvalue weighted by Gasteiger charge is 2.28. The Morgan fingerprint density at radius 1 is 1.46 bits per heavy atom. The van der Waals surface area contributed by atoms with Crippen LogP contribution in [0, 0.1) is 5.92 Å². The molecule has 0 bridgehead atoms. The van der Waals surface area contributed by atoms with E-state index in [0.717, 1.165) is 19.1 Å². The minimum Gasteiger partial charge on any atom is -0.380 e. The zero-order valence-corrected chi connectivity index (χ0v) is 8.64. The lowest BCUT2D eigenvalue weighted by molar-refractivity contribution is 0.0285. The lowest BCUT2D eigenvalue weighted by Crippen LogP contribution is -2.49. The summed E-state index contributed by atoms with van der Waals surface area (Å²) in [6.45, 7) is 5.33. The fourth-order valence-electron chi connectivity index (χ4n) is 2.06. The average molecular weight is 183 g/mol. The largest absolute Gasteiger partial charge is 0.380 e. The highest BCUT2D eigenvalue weighted by atomic mass is 16.5. The van der Waals surface area contributed by atoms with Crippen molar-refractivity contribution in [3.05, 3.63) is 0 Å². The van der Waals surface area contributed by atoms with Crippen LogP contribution in [0.3, 0.4) is 0 Å². The zero-order valence-electron chi connectivity index (χ0n) is 8.64. The fourth-order valence-corrected chi connectivity index (χ4v) is 2.06. The predicted octanol–water partition coefficient (Wildman–Crippen LogP) is 1.95.